The molecule has 0 amide bonds. The number of hydrogen-bond donors (Lipinski definition) is 5. The van der Waals surface area contributed by atoms with Crippen molar-refractivity contribution in [2.24, 2.45) is 0 Å². The van der Waals surface area contributed by atoms with Gasteiger partial charge in [0.1, 0.15) is 12.7 Å². The van der Waals surface area contributed by atoms with E-state index in [1.54, 1.807) is 24.3 Å². The molecule has 0 heterocycles. The van der Waals surface area contributed by atoms with Gasteiger partial charge in [0, 0.05) is 12.8 Å². The minimum absolute atomic E-state index is 0.0799. The van der Waals surface area contributed by atoms with Gasteiger partial charge in [-0.05, 0) is 77.0 Å². The number of phosphoric acid groups is 2. The number of phosphoric ester groups is 2. The topological polar surface area (TPSA) is 216 Å². The van der Waals surface area contributed by atoms with Crippen LogP contribution in [0.2, 0.25) is 0 Å². The molecule has 5 N–H and O–H groups in total. The van der Waals surface area contributed by atoms with Crippen LogP contribution >= 0.6 is 15.6 Å². The summed E-state index contributed by atoms with van der Waals surface area (Å²) in [5, 5.41) is 20.0. The first-order valence-electron chi connectivity index (χ1n) is 22.7. The molecule has 0 aromatic carbocycles. The van der Waals surface area contributed by atoms with Crippen molar-refractivity contribution in [3.05, 3.63) is 109 Å². The number of carbonyl (C=O) groups is 2. The second-order valence-electron chi connectivity index (χ2n) is 14.8. The maximum atomic E-state index is 12.7. The molecule has 0 radical (unpaired) electrons. The summed E-state index contributed by atoms with van der Waals surface area (Å²) < 4.78 is 47.6. The fourth-order valence-electron chi connectivity index (χ4n) is 5.30. The molecular weight excluding hydrogens is 862 g/mol. The van der Waals surface area contributed by atoms with E-state index in [1.165, 1.54) is 38.5 Å². The molecule has 0 spiro atoms. The third-order valence-corrected chi connectivity index (χ3v) is 10.2. The molecule has 0 saturated heterocycles. The predicted octanol–water partition coefficient (Wildman–Crippen LogP) is 10.9. The Labute approximate surface area is 383 Å². The lowest BCUT2D eigenvalue weighted by Crippen LogP contribution is -2.29. The van der Waals surface area contributed by atoms with E-state index in [-0.39, 0.29) is 19.3 Å². The monoisotopic (exact) mass is 940 g/mol. The van der Waals surface area contributed by atoms with Gasteiger partial charge in [-0.25, -0.2) is 9.13 Å². The zero-order valence-corrected chi connectivity index (χ0v) is 40.0. The fourth-order valence-corrected chi connectivity index (χ4v) is 6.45. The second kappa shape index (κ2) is 42.4. The van der Waals surface area contributed by atoms with Crippen LogP contribution in [0.25, 0.3) is 0 Å². The molecule has 0 fully saturated rings. The summed E-state index contributed by atoms with van der Waals surface area (Å²) in [4.78, 5) is 52.7. The van der Waals surface area contributed by atoms with Gasteiger partial charge in [0.25, 0.3) is 0 Å². The quantitative estimate of drug-likeness (QED) is 0.0127. The number of aliphatic hydroxyl groups is 2. The summed E-state index contributed by atoms with van der Waals surface area (Å²) in [6, 6.07) is 0. The van der Waals surface area contributed by atoms with Crippen LogP contribution in [-0.2, 0) is 41.8 Å². The summed E-state index contributed by atoms with van der Waals surface area (Å²) in [6.45, 7) is 1.36. The van der Waals surface area contributed by atoms with Crippen LogP contribution < -0.4 is 0 Å². The summed E-state index contributed by atoms with van der Waals surface area (Å²) >= 11 is 0. The van der Waals surface area contributed by atoms with Gasteiger partial charge in [0.2, 0.25) is 0 Å². The van der Waals surface area contributed by atoms with Gasteiger partial charge >= 0.3 is 27.6 Å². The molecule has 0 aliphatic carbocycles. The molecule has 64 heavy (non-hydrogen) atoms. The van der Waals surface area contributed by atoms with Crippen molar-refractivity contribution in [1.29, 1.82) is 0 Å². The van der Waals surface area contributed by atoms with Crippen molar-refractivity contribution < 1.29 is 66.7 Å². The molecule has 0 aromatic heterocycles. The van der Waals surface area contributed by atoms with Crippen molar-refractivity contribution in [2.75, 3.05) is 26.4 Å². The van der Waals surface area contributed by atoms with E-state index in [0.29, 0.717) is 19.3 Å². The maximum absolute atomic E-state index is 12.7. The Hall–Kier alpha value is -3.26. The summed E-state index contributed by atoms with van der Waals surface area (Å²) in [5.41, 5.74) is 0. The summed E-state index contributed by atoms with van der Waals surface area (Å²) in [7, 11) is -9.77. The number of allylic oxidation sites excluding steroid dienone is 16. The molecule has 364 valence electrons. The Morgan fingerprint density at radius 3 is 1.69 bits per heavy atom. The highest BCUT2D eigenvalue weighted by Gasteiger charge is 2.28. The van der Waals surface area contributed by atoms with E-state index >= 15 is 0 Å². The predicted molar refractivity (Wildman–Crippen MR) is 254 cm³/mol. The van der Waals surface area contributed by atoms with Crippen LogP contribution in [0.15, 0.2) is 109 Å². The van der Waals surface area contributed by atoms with Crippen LogP contribution in [0, 0.1) is 0 Å². The van der Waals surface area contributed by atoms with E-state index in [1.807, 2.05) is 24.3 Å². The van der Waals surface area contributed by atoms with Gasteiger partial charge in [0.15, 0.2) is 6.10 Å². The molecule has 16 heteroatoms. The molecule has 0 aromatic rings. The Morgan fingerprint density at radius 1 is 0.531 bits per heavy atom. The van der Waals surface area contributed by atoms with Crippen LogP contribution in [0.5, 0.6) is 0 Å². The molecule has 14 nitrogen and oxygen atoms in total. The maximum Gasteiger partial charge on any atom is 0.472 e. The van der Waals surface area contributed by atoms with Crippen molar-refractivity contribution in [3.8, 4) is 0 Å². The molecule has 0 bridgehead atoms. The van der Waals surface area contributed by atoms with E-state index in [4.69, 9.17) is 23.8 Å². The third-order valence-electron chi connectivity index (χ3n) is 8.73. The number of carbonyl (C=O) groups excluding carboxylic acids is 2. The molecule has 0 aliphatic rings. The standard InChI is InChI=1S/C48H78O14P2/c1-3-5-7-9-11-13-15-17-18-19-20-22-24-26-28-30-34-38-47(51)58-42-46(43-61-64(56,57)60-41-45(50)40-59-63(53,54)55)62-48(52)39-35-31-33-37-44(49)36-32-29-27-25-23-21-16-14-12-10-8-6-4-2/h6,8,12,14,17-18,20-23,26-29,31-33,36,44-46,49-50H,3-5,7,9-11,13,15-16,19,24-25,30,34-35,37-43H2,1-2H3,(H,56,57)(H2,53,54,55)/b8-6-,14-12-,18-17-,22-20-,23-21-,28-26-,29-27-,33-31-,36-32-/t44?,45-,46+/m0/s1. The van der Waals surface area contributed by atoms with Crippen molar-refractivity contribution >= 4 is 27.6 Å². The Morgan fingerprint density at radius 2 is 1.06 bits per heavy atom. The van der Waals surface area contributed by atoms with E-state index in [2.05, 4.69) is 83.7 Å². The number of esters is 2. The highest BCUT2D eigenvalue weighted by Crippen LogP contribution is 2.43. The first kappa shape index (κ1) is 60.7. The van der Waals surface area contributed by atoms with Gasteiger partial charge in [-0.1, -0.05) is 155 Å². The number of unbranched alkanes of at least 4 members (excludes halogenated alkanes) is 7. The zero-order valence-electron chi connectivity index (χ0n) is 38.2. The van der Waals surface area contributed by atoms with Gasteiger partial charge < -0.3 is 34.4 Å². The number of rotatable bonds is 41. The zero-order chi connectivity index (χ0) is 47.4. The SMILES string of the molecule is CC/C=C\C/C=C\C/C=C\C/C=C\C=C/C(O)C/C=C\CCC(=O)O[C@H](COC(=O)CCC/C=C\C/C=C\C/C=C\CCCCCCCC)COP(=O)(O)OC[C@@H](O)COP(=O)(O)O. The Kier molecular flexibility index (Phi) is 40.2. The number of aliphatic hydroxyl groups excluding tert-OH is 2. The van der Waals surface area contributed by atoms with Gasteiger partial charge in [-0.3, -0.25) is 23.2 Å². The van der Waals surface area contributed by atoms with Crippen molar-refractivity contribution in [2.45, 2.75) is 154 Å². The van der Waals surface area contributed by atoms with Crippen molar-refractivity contribution in [3.63, 3.8) is 0 Å². The lowest BCUT2D eigenvalue weighted by atomic mass is 10.1. The van der Waals surface area contributed by atoms with E-state index in [0.717, 1.165) is 44.9 Å². The smallest absolute Gasteiger partial charge is 0.462 e. The third kappa shape index (κ3) is 45.3. The summed E-state index contributed by atoms with van der Waals surface area (Å²) in [6.07, 6.45) is 48.3. The molecular formula is C48H78O14P2. The minimum atomic E-state index is -4.89. The van der Waals surface area contributed by atoms with Crippen LogP contribution in [0.1, 0.15) is 136 Å². The number of hydrogen-bond acceptors (Lipinski definition) is 11. The van der Waals surface area contributed by atoms with Crippen LogP contribution in [-0.4, -0.2) is 81.6 Å². The molecule has 0 saturated carbocycles. The first-order chi connectivity index (χ1) is 30.8. The average molecular weight is 941 g/mol. The van der Waals surface area contributed by atoms with Gasteiger partial charge in [0.05, 0.1) is 25.9 Å². The largest absolute Gasteiger partial charge is 0.472 e. The first-order valence-corrected chi connectivity index (χ1v) is 25.7. The lowest BCUT2D eigenvalue weighted by Gasteiger charge is -2.20. The average Bonchev–Trinajstić information content (AvgIpc) is 3.25. The molecule has 2 unspecified atom stereocenters. The minimum Gasteiger partial charge on any atom is -0.462 e. The molecule has 0 aliphatic heterocycles. The highest BCUT2D eigenvalue weighted by molar-refractivity contribution is 7.47. The highest BCUT2D eigenvalue weighted by atomic mass is 31.2. The Bertz CT molecular complexity index is 1560. The van der Waals surface area contributed by atoms with Crippen LogP contribution in [0.3, 0.4) is 0 Å². The Balaban J connectivity index is 4.81. The van der Waals surface area contributed by atoms with Crippen molar-refractivity contribution in [1.82, 2.24) is 0 Å². The van der Waals surface area contributed by atoms with E-state index < -0.39 is 72.3 Å². The van der Waals surface area contributed by atoms with Crippen LogP contribution in [0.4, 0.5) is 0 Å². The lowest BCUT2D eigenvalue weighted by molar-refractivity contribution is -0.161. The molecule has 0 rings (SSSR count). The second-order valence-corrected chi connectivity index (χ2v) is 17.5. The fraction of sp³-hybridized carbons (Fsp3) is 0.583. The normalized spacial score (nSPS) is 15.4. The van der Waals surface area contributed by atoms with Gasteiger partial charge in [-0.15, -0.1) is 0 Å². The molecule has 4 atom stereocenters. The number of ether oxygens (including phenoxy) is 2. The van der Waals surface area contributed by atoms with Gasteiger partial charge in [-0.2, -0.15) is 0 Å². The van der Waals surface area contributed by atoms with E-state index in [9.17, 15) is 33.8 Å². The summed E-state index contributed by atoms with van der Waals surface area (Å²) in [5.74, 6) is -1.28.